The molecule has 3 nitrogen and oxygen atoms in total. The summed E-state index contributed by atoms with van der Waals surface area (Å²) in [5.74, 6) is -0.264. The number of hydrogen-bond donors (Lipinski definition) is 0. The first-order valence-electron chi connectivity index (χ1n) is 7.07. The van der Waals surface area contributed by atoms with E-state index in [4.69, 9.17) is 11.6 Å². The number of thioether (sulfide) groups is 1. The van der Waals surface area contributed by atoms with Crippen molar-refractivity contribution < 1.29 is 4.39 Å². The Morgan fingerprint density at radius 1 is 1.41 bits per heavy atom. The molecular weight excluding hydrogens is 321 g/mol. The van der Waals surface area contributed by atoms with Crippen LogP contribution in [0, 0.1) is 5.82 Å². The Labute approximate surface area is 136 Å². The second-order valence-corrected chi connectivity index (χ2v) is 7.54. The summed E-state index contributed by atoms with van der Waals surface area (Å²) in [5, 5.41) is 5.74. The number of nitrogens with zero attached hydrogens (tertiary/aromatic N) is 3. The molecule has 0 N–H and O–H groups in total. The van der Waals surface area contributed by atoms with Crippen molar-refractivity contribution in [2.45, 2.75) is 23.8 Å². The molecule has 112 valence electrons. The Morgan fingerprint density at radius 2 is 2.23 bits per heavy atom. The Bertz CT molecular complexity index is 858. The lowest BCUT2D eigenvalue weighted by Gasteiger charge is -2.33. The minimum absolute atomic E-state index is 0.264. The molecule has 3 heterocycles. The fraction of sp³-hybridized carbons (Fsp3) is 0.250. The zero-order valence-electron chi connectivity index (χ0n) is 11.8. The third-order valence-electron chi connectivity index (χ3n) is 3.87. The van der Waals surface area contributed by atoms with E-state index in [1.54, 1.807) is 16.8 Å². The smallest absolute Gasteiger partial charge is 0.174 e. The zero-order valence-corrected chi connectivity index (χ0v) is 13.4. The van der Waals surface area contributed by atoms with Crippen LogP contribution in [0.15, 0.2) is 36.7 Å². The lowest BCUT2D eigenvalue weighted by atomic mass is 10.0. The van der Waals surface area contributed by atoms with Crippen molar-refractivity contribution in [3.8, 4) is 11.3 Å². The van der Waals surface area contributed by atoms with Crippen LogP contribution in [-0.2, 0) is 0 Å². The fourth-order valence-electron chi connectivity index (χ4n) is 2.77. The highest BCUT2D eigenvalue weighted by Gasteiger charge is 2.31. The van der Waals surface area contributed by atoms with Crippen LogP contribution in [0.2, 0.25) is 5.02 Å². The number of halogens is 2. The van der Waals surface area contributed by atoms with Gasteiger partial charge in [0.05, 0.1) is 11.9 Å². The summed E-state index contributed by atoms with van der Waals surface area (Å²) in [6.07, 6.45) is 4.65. The first-order chi connectivity index (χ1) is 10.6. The maximum absolute atomic E-state index is 13.6. The normalized spacial score (nSPS) is 21.0. The Balaban J connectivity index is 1.93. The minimum atomic E-state index is -0.264. The Hall–Kier alpha value is -1.59. The zero-order chi connectivity index (χ0) is 15.3. The van der Waals surface area contributed by atoms with Gasteiger partial charge in [0.2, 0.25) is 0 Å². The first-order valence-corrected chi connectivity index (χ1v) is 8.39. The summed E-state index contributed by atoms with van der Waals surface area (Å²) in [7, 11) is 0. The highest BCUT2D eigenvalue weighted by molar-refractivity contribution is 8.01. The molecule has 0 spiro atoms. The molecule has 2 aromatic heterocycles. The van der Waals surface area contributed by atoms with E-state index < -0.39 is 0 Å². The third-order valence-corrected chi connectivity index (χ3v) is 5.56. The average Bonchev–Trinajstić information content (AvgIpc) is 2.84. The summed E-state index contributed by atoms with van der Waals surface area (Å²) in [5.41, 5.74) is 3.25. The first kappa shape index (κ1) is 14.0. The van der Waals surface area contributed by atoms with E-state index in [-0.39, 0.29) is 5.82 Å². The van der Waals surface area contributed by atoms with Crippen LogP contribution in [-0.4, -0.2) is 19.8 Å². The second-order valence-electron chi connectivity index (χ2n) is 5.49. The van der Waals surface area contributed by atoms with Crippen LogP contribution in [0.25, 0.3) is 16.9 Å². The molecule has 4 rings (SSSR count). The molecule has 2 atom stereocenters. The van der Waals surface area contributed by atoms with Crippen LogP contribution in [0.3, 0.4) is 0 Å². The molecule has 3 aromatic rings. The largest absolute Gasteiger partial charge is 0.227 e. The highest BCUT2D eigenvalue weighted by atomic mass is 35.5. The SMILES string of the molecule is CC1CC(c2cn3ncc(Cl)c3nc2-c2cccc(F)c2)S1. The topological polar surface area (TPSA) is 30.2 Å². The van der Waals surface area contributed by atoms with Crippen molar-refractivity contribution >= 4 is 29.0 Å². The van der Waals surface area contributed by atoms with Gasteiger partial charge in [-0.2, -0.15) is 16.9 Å². The molecule has 1 aliphatic rings. The molecule has 1 aliphatic heterocycles. The van der Waals surface area contributed by atoms with Gasteiger partial charge in [-0.1, -0.05) is 30.7 Å². The molecule has 22 heavy (non-hydrogen) atoms. The molecule has 0 bridgehead atoms. The van der Waals surface area contributed by atoms with Crippen LogP contribution in [0.1, 0.15) is 24.2 Å². The van der Waals surface area contributed by atoms with Gasteiger partial charge >= 0.3 is 0 Å². The second kappa shape index (κ2) is 5.25. The molecular formula is C16H13ClFN3S. The Kier molecular flexibility index (Phi) is 3.35. The molecule has 1 aromatic carbocycles. The maximum Gasteiger partial charge on any atom is 0.174 e. The van der Waals surface area contributed by atoms with E-state index in [0.29, 0.717) is 21.2 Å². The summed E-state index contributed by atoms with van der Waals surface area (Å²) in [6.45, 7) is 2.21. The van der Waals surface area contributed by atoms with E-state index >= 15 is 0 Å². The van der Waals surface area contributed by atoms with Gasteiger partial charge in [0.15, 0.2) is 5.65 Å². The predicted octanol–water partition coefficient (Wildman–Crippen LogP) is 4.76. The van der Waals surface area contributed by atoms with Crippen LogP contribution < -0.4 is 0 Å². The standard InChI is InChI=1S/C16H13ClFN3S/c1-9-5-14(22-9)12-8-21-16(13(17)7-19-21)20-15(12)10-3-2-4-11(18)6-10/h2-4,6-9,14H,5H2,1H3. The fourth-order valence-corrected chi connectivity index (χ4v) is 4.17. The molecule has 6 heteroatoms. The van der Waals surface area contributed by atoms with Crippen molar-refractivity contribution in [1.82, 2.24) is 14.6 Å². The van der Waals surface area contributed by atoms with Gasteiger partial charge in [-0.3, -0.25) is 0 Å². The van der Waals surface area contributed by atoms with Crippen molar-refractivity contribution in [2.75, 3.05) is 0 Å². The van der Waals surface area contributed by atoms with E-state index in [1.165, 1.54) is 12.1 Å². The van der Waals surface area contributed by atoms with Gasteiger partial charge in [-0.15, -0.1) is 0 Å². The summed E-state index contributed by atoms with van der Waals surface area (Å²) in [4.78, 5) is 4.66. The number of benzene rings is 1. The number of aromatic nitrogens is 3. The predicted molar refractivity (Wildman–Crippen MR) is 87.8 cm³/mol. The molecule has 1 fully saturated rings. The van der Waals surface area contributed by atoms with Crippen molar-refractivity contribution in [3.05, 3.63) is 53.1 Å². The van der Waals surface area contributed by atoms with E-state index in [2.05, 4.69) is 17.0 Å². The van der Waals surface area contributed by atoms with Crippen molar-refractivity contribution in [2.24, 2.45) is 0 Å². The van der Waals surface area contributed by atoms with Crippen LogP contribution in [0.4, 0.5) is 4.39 Å². The quantitative estimate of drug-likeness (QED) is 0.677. The van der Waals surface area contributed by atoms with Gasteiger partial charge in [0.1, 0.15) is 10.8 Å². The third kappa shape index (κ3) is 2.29. The van der Waals surface area contributed by atoms with E-state index in [9.17, 15) is 4.39 Å². The summed E-state index contributed by atoms with van der Waals surface area (Å²) >= 11 is 8.04. The van der Waals surface area contributed by atoms with Gasteiger partial charge in [-0.25, -0.2) is 13.9 Å². The molecule has 0 radical (unpaired) electrons. The van der Waals surface area contributed by atoms with Crippen LogP contribution >= 0.6 is 23.4 Å². The van der Waals surface area contributed by atoms with Gasteiger partial charge < -0.3 is 0 Å². The molecule has 0 amide bonds. The highest BCUT2D eigenvalue weighted by Crippen LogP contribution is 2.50. The van der Waals surface area contributed by atoms with Gasteiger partial charge in [-0.05, 0) is 18.6 Å². The van der Waals surface area contributed by atoms with E-state index in [1.807, 2.05) is 24.0 Å². The monoisotopic (exact) mass is 333 g/mol. The number of fused-ring (bicyclic) bond motifs is 1. The summed E-state index contributed by atoms with van der Waals surface area (Å²) in [6, 6.07) is 6.53. The number of hydrogen-bond acceptors (Lipinski definition) is 3. The minimum Gasteiger partial charge on any atom is -0.227 e. The average molecular weight is 334 g/mol. The lowest BCUT2D eigenvalue weighted by molar-refractivity contribution is 0.628. The number of rotatable bonds is 2. The molecule has 2 unspecified atom stereocenters. The lowest BCUT2D eigenvalue weighted by Crippen LogP contribution is -2.18. The molecule has 0 saturated carbocycles. The van der Waals surface area contributed by atoms with Gasteiger partial charge in [0.25, 0.3) is 0 Å². The summed E-state index contributed by atoms with van der Waals surface area (Å²) < 4.78 is 15.3. The van der Waals surface area contributed by atoms with E-state index in [0.717, 1.165) is 23.2 Å². The molecule has 1 saturated heterocycles. The van der Waals surface area contributed by atoms with Crippen LogP contribution in [0.5, 0.6) is 0 Å². The van der Waals surface area contributed by atoms with Crippen molar-refractivity contribution in [1.29, 1.82) is 0 Å². The van der Waals surface area contributed by atoms with Crippen molar-refractivity contribution in [3.63, 3.8) is 0 Å². The van der Waals surface area contributed by atoms with Gasteiger partial charge in [0, 0.05) is 27.8 Å². The molecule has 0 aliphatic carbocycles. The maximum atomic E-state index is 13.6. The Morgan fingerprint density at radius 3 is 2.95 bits per heavy atom.